The second kappa shape index (κ2) is 5.05. The Morgan fingerprint density at radius 3 is 2.41 bits per heavy atom. The van der Waals surface area contributed by atoms with Crippen molar-refractivity contribution in [2.24, 2.45) is 11.1 Å². The van der Waals surface area contributed by atoms with Crippen LogP contribution in [-0.2, 0) is 0 Å². The van der Waals surface area contributed by atoms with Gasteiger partial charge in [0, 0.05) is 17.3 Å². The van der Waals surface area contributed by atoms with E-state index in [-0.39, 0.29) is 5.41 Å². The van der Waals surface area contributed by atoms with Crippen molar-refractivity contribution >= 4 is 22.9 Å². The number of benzene rings is 1. The van der Waals surface area contributed by atoms with Gasteiger partial charge in [-0.25, -0.2) is 0 Å². The maximum absolute atomic E-state index is 5.76. The number of anilines is 1. The van der Waals surface area contributed by atoms with Crippen LogP contribution in [0.3, 0.4) is 0 Å². The largest absolute Gasteiger partial charge is 0.389 e. The van der Waals surface area contributed by atoms with Crippen molar-refractivity contribution in [1.82, 2.24) is 0 Å². The standard InChI is InChI=1S/C14H22N2S/c1-9-7-6-8-11(13(15)17)12(9)16-10(2)14(3,4)5/h6-8,10,16H,1-5H3,(H2,15,17). The monoisotopic (exact) mass is 250 g/mol. The van der Waals surface area contributed by atoms with Crippen LogP contribution in [-0.4, -0.2) is 11.0 Å². The van der Waals surface area contributed by atoms with Gasteiger partial charge >= 0.3 is 0 Å². The van der Waals surface area contributed by atoms with Crippen LogP contribution in [0.5, 0.6) is 0 Å². The molecule has 0 saturated heterocycles. The molecule has 0 aliphatic rings. The van der Waals surface area contributed by atoms with Gasteiger partial charge in [0.05, 0.1) is 0 Å². The Balaban J connectivity index is 3.09. The van der Waals surface area contributed by atoms with Crippen molar-refractivity contribution < 1.29 is 0 Å². The summed E-state index contributed by atoms with van der Waals surface area (Å²) in [5, 5.41) is 3.53. The molecule has 2 nitrogen and oxygen atoms in total. The molecule has 0 aliphatic heterocycles. The predicted octanol–water partition coefficient (Wildman–Crippen LogP) is 3.48. The molecule has 0 saturated carbocycles. The Morgan fingerprint density at radius 1 is 1.35 bits per heavy atom. The quantitative estimate of drug-likeness (QED) is 0.807. The van der Waals surface area contributed by atoms with Crippen LogP contribution >= 0.6 is 12.2 Å². The van der Waals surface area contributed by atoms with E-state index in [2.05, 4.69) is 46.0 Å². The summed E-state index contributed by atoms with van der Waals surface area (Å²) in [6, 6.07) is 6.36. The van der Waals surface area contributed by atoms with Crippen LogP contribution in [0.1, 0.15) is 38.8 Å². The Hall–Kier alpha value is -1.09. The summed E-state index contributed by atoms with van der Waals surface area (Å²) in [7, 11) is 0. The Morgan fingerprint density at radius 2 is 1.94 bits per heavy atom. The molecular formula is C14H22N2S. The Kier molecular flexibility index (Phi) is 4.15. The lowest BCUT2D eigenvalue weighted by molar-refractivity contribution is 0.359. The van der Waals surface area contributed by atoms with E-state index < -0.39 is 0 Å². The van der Waals surface area contributed by atoms with E-state index in [0.29, 0.717) is 11.0 Å². The number of nitrogens with two attached hydrogens (primary N) is 1. The van der Waals surface area contributed by atoms with E-state index in [9.17, 15) is 0 Å². The third-order valence-corrected chi connectivity index (χ3v) is 3.42. The van der Waals surface area contributed by atoms with Crippen LogP contribution in [0.4, 0.5) is 5.69 Å². The van der Waals surface area contributed by atoms with Crippen molar-refractivity contribution in [3.05, 3.63) is 29.3 Å². The topological polar surface area (TPSA) is 38.0 Å². The first kappa shape index (κ1) is 14.0. The van der Waals surface area contributed by atoms with Gasteiger partial charge in [-0.15, -0.1) is 0 Å². The zero-order chi connectivity index (χ0) is 13.2. The van der Waals surface area contributed by atoms with Crippen LogP contribution in [0.25, 0.3) is 0 Å². The van der Waals surface area contributed by atoms with Gasteiger partial charge in [0.15, 0.2) is 0 Å². The van der Waals surface area contributed by atoms with Crippen LogP contribution in [0.15, 0.2) is 18.2 Å². The number of hydrogen-bond acceptors (Lipinski definition) is 2. The van der Waals surface area contributed by atoms with Gasteiger partial charge in [0.2, 0.25) is 0 Å². The molecular weight excluding hydrogens is 228 g/mol. The minimum Gasteiger partial charge on any atom is -0.389 e. The first-order valence-corrected chi connectivity index (χ1v) is 6.30. The van der Waals surface area contributed by atoms with Gasteiger partial charge in [-0.05, 0) is 30.9 Å². The maximum Gasteiger partial charge on any atom is 0.106 e. The molecule has 3 N–H and O–H groups in total. The van der Waals surface area contributed by atoms with Crippen LogP contribution < -0.4 is 11.1 Å². The molecule has 1 atom stereocenters. The van der Waals surface area contributed by atoms with Crippen molar-refractivity contribution in [2.45, 2.75) is 40.7 Å². The highest BCUT2D eigenvalue weighted by Gasteiger charge is 2.21. The fraction of sp³-hybridized carbons (Fsp3) is 0.500. The number of thiocarbonyl (C=S) groups is 1. The van der Waals surface area contributed by atoms with Gasteiger partial charge in [0.25, 0.3) is 0 Å². The normalized spacial score (nSPS) is 13.2. The molecule has 3 heteroatoms. The predicted molar refractivity (Wildman–Crippen MR) is 79.6 cm³/mol. The lowest BCUT2D eigenvalue weighted by Crippen LogP contribution is -2.32. The molecule has 0 fully saturated rings. The van der Waals surface area contributed by atoms with Crippen LogP contribution in [0.2, 0.25) is 0 Å². The molecule has 0 radical (unpaired) electrons. The molecule has 0 bridgehead atoms. The molecule has 0 aliphatic carbocycles. The highest BCUT2D eigenvalue weighted by atomic mass is 32.1. The number of hydrogen-bond donors (Lipinski definition) is 2. The fourth-order valence-electron chi connectivity index (χ4n) is 1.50. The molecule has 1 unspecified atom stereocenters. The van der Waals surface area contributed by atoms with Gasteiger partial charge < -0.3 is 11.1 Å². The molecule has 0 amide bonds. The molecule has 17 heavy (non-hydrogen) atoms. The summed E-state index contributed by atoms with van der Waals surface area (Å²) < 4.78 is 0. The molecule has 0 spiro atoms. The Bertz CT molecular complexity index is 419. The second-order valence-corrected chi connectivity index (χ2v) is 6.03. The van der Waals surface area contributed by atoms with E-state index in [4.69, 9.17) is 18.0 Å². The van der Waals surface area contributed by atoms with Gasteiger partial charge in [-0.1, -0.05) is 45.1 Å². The number of rotatable bonds is 3. The highest BCUT2D eigenvalue weighted by Crippen LogP contribution is 2.27. The van der Waals surface area contributed by atoms with Gasteiger partial charge in [-0.2, -0.15) is 0 Å². The molecule has 1 rings (SSSR count). The fourth-order valence-corrected chi connectivity index (χ4v) is 1.67. The molecule has 0 heterocycles. The molecule has 1 aromatic carbocycles. The average molecular weight is 250 g/mol. The van der Waals surface area contributed by atoms with E-state index in [0.717, 1.165) is 11.3 Å². The average Bonchev–Trinajstić information content (AvgIpc) is 2.18. The van der Waals surface area contributed by atoms with E-state index in [1.165, 1.54) is 5.56 Å². The number of nitrogens with one attached hydrogen (secondary N) is 1. The Labute approximate surface area is 110 Å². The lowest BCUT2D eigenvalue weighted by atomic mass is 9.87. The lowest BCUT2D eigenvalue weighted by Gasteiger charge is -2.30. The smallest absolute Gasteiger partial charge is 0.106 e. The summed E-state index contributed by atoms with van der Waals surface area (Å²) >= 11 is 5.09. The first-order valence-electron chi connectivity index (χ1n) is 5.89. The second-order valence-electron chi connectivity index (χ2n) is 5.59. The van der Waals surface area contributed by atoms with Crippen molar-refractivity contribution in [1.29, 1.82) is 0 Å². The third kappa shape index (κ3) is 3.43. The summed E-state index contributed by atoms with van der Waals surface area (Å²) in [5.41, 5.74) is 9.11. The van der Waals surface area contributed by atoms with E-state index in [1.54, 1.807) is 0 Å². The van der Waals surface area contributed by atoms with Gasteiger partial charge in [0.1, 0.15) is 4.99 Å². The minimum absolute atomic E-state index is 0.190. The van der Waals surface area contributed by atoms with Gasteiger partial charge in [-0.3, -0.25) is 0 Å². The molecule has 1 aromatic rings. The SMILES string of the molecule is Cc1cccc(C(N)=S)c1NC(C)C(C)(C)C. The summed E-state index contributed by atoms with van der Waals surface area (Å²) in [5.74, 6) is 0. The third-order valence-electron chi connectivity index (χ3n) is 3.20. The van der Waals surface area contributed by atoms with E-state index >= 15 is 0 Å². The zero-order valence-electron chi connectivity index (χ0n) is 11.3. The zero-order valence-corrected chi connectivity index (χ0v) is 12.1. The number of para-hydroxylation sites is 1. The highest BCUT2D eigenvalue weighted by molar-refractivity contribution is 7.80. The summed E-state index contributed by atoms with van der Waals surface area (Å²) in [4.78, 5) is 0.442. The van der Waals surface area contributed by atoms with Crippen LogP contribution in [0, 0.1) is 12.3 Å². The molecule has 94 valence electrons. The van der Waals surface area contributed by atoms with E-state index in [1.807, 2.05) is 12.1 Å². The minimum atomic E-state index is 0.190. The van der Waals surface area contributed by atoms with Crippen molar-refractivity contribution in [3.63, 3.8) is 0 Å². The summed E-state index contributed by atoms with van der Waals surface area (Å²) in [6.45, 7) is 10.9. The number of aryl methyl sites for hydroxylation is 1. The van der Waals surface area contributed by atoms with Crippen molar-refractivity contribution in [2.75, 3.05) is 5.32 Å². The first-order chi connectivity index (χ1) is 7.73. The molecule has 0 aromatic heterocycles. The van der Waals surface area contributed by atoms with Crippen molar-refractivity contribution in [3.8, 4) is 0 Å². The summed E-state index contributed by atoms with van der Waals surface area (Å²) in [6.07, 6.45) is 0. The maximum atomic E-state index is 5.76.